The van der Waals surface area contributed by atoms with Gasteiger partial charge in [0.1, 0.15) is 5.70 Å². The first-order valence-corrected chi connectivity index (χ1v) is 5.59. The van der Waals surface area contributed by atoms with E-state index in [0.29, 0.717) is 11.2 Å². The number of benzene rings is 1. The number of carbonyl (C=O) groups is 2. The average molecular weight is 279 g/mol. The molecule has 0 aliphatic carbocycles. The Labute approximate surface area is 116 Å². The van der Waals surface area contributed by atoms with Gasteiger partial charge in [-0.3, -0.25) is 0 Å². The van der Waals surface area contributed by atoms with Gasteiger partial charge < -0.3 is 24.8 Å². The van der Waals surface area contributed by atoms with Crippen molar-refractivity contribution in [1.29, 1.82) is 0 Å². The van der Waals surface area contributed by atoms with Gasteiger partial charge in [0.2, 0.25) is 0 Å². The lowest BCUT2D eigenvalue weighted by molar-refractivity contribution is -0.138. The van der Waals surface area contributed by atoms with Crippen LogP contribution in [0, 0.1) is 0 Å². The number of hydrogen-bond acceptors (Lipinski definition) is 7. The van der Waals surface area contributed by atoms with Gasteiger partial charge in [-0.25, -0.2) is 9.59 Å². The van der Waals surface area contributed by atoms with E-state index in [1.165, 1.54) is 38.5 Å². The molecular formula is C12H14BNO6. The summed E-state index contributed by atoms with van der Waals surface area (Å²) < 4.78 is 8.97. The smallest absolute Gasteiger partial charge is 0.466 e. The van der Waals surface area contributed by atoms with Crippen LogP contribution in [0.2, 0.25) is 0 Å². The molecule has 1 aromatic carbocycles. The van der Waals surface area contributed by atoms with Crippen molar-refractivity contribution < 1.29 is 29.1 Å². The molecule has 0 amide bonds. The summed E-state index contributed by atoms with van der Waals surface area (Å²) in [7, 11) is 0.792. The van der Waals surface area contributed by atoms with Crippen LogP contribution in [0.1, 0.15) is 0 Å². The molecule has 0 saturated carbocycles. The molecule has 0 spiro atoms. The second-order valence-corrected chi connectivity index (χ2v) is 3.69. The first kappa shape index (κ1) is 15.7. The first-order chi connectivity index (χ1) is 9.47. The summed E-state index contributed by atoms with van der Waals surface area (Å²) in [4.78, 5) is 22.7. The first-order valence-electron chi connectivity index (χ1n) is 5.59. The van der Waals surface area contributed by atoms with Crippen LogP contribution in [-0.2, 0) is 19.1 Å². The minimum atomic E-state index is -1.57. The third-order valence-corrected chi connectivity index (χ3v) is 2.36. The molecule has 0 radical (unpaired) electrons. The molecule has 0 aliphatic rings. The Kier molecular flexibility index (Phi) is 5.76. The SMILES string of the molecule is COC(=O)/C=C(/Nc1ccc(B(O)O)cc1)C(=O)OC. The molecule has 0 bridgehead atoms. The van der Waals surface area contributed by atoms with Crippen LogP contribution in [0.4, 0.5) is 5.69 Å². The molecule has 0 unspecified atom stereocenters. The summed E-state index contributed by atoms with van der Waals surface area (Å²) in [5, 5.41) is 20.6. The maximum atomic E-state index is 11.5. The lowest BCUT2D eigenvalue weighted by atomic mass is 9.80. The maximum Gasteiger partial charge on any atom is 0.488 e. The molecular weight excluding hydrogens is 265 g/mol. The van der Waals surface area contributed by atoms with Gasteiger partial charge in [0.15, 0.2) is 0 Å². The van der Waals surface area contributed by atoms with Gasteiger partial charge in [-0.05, 0) is 17.6 Å². The van der Waals surface area contributed by atoms with Crippen molar-refractivity contribution in [1.82, 2.24) is 0 Å². The molecule has 1 rings (SSSR count). The summed E-state index contributed by atoms with van der Waals surface area (Å²) in [6.45, 7) is 0. The largest absolute Gasteiger partial charge is 0.488 e. The van der Waals surface area contributed by atoms with Gasteiger partial charge in [-0.1, -0.05) is 12.1 Å². The topological polar surface area (TPSA) is 105 Å². The summed E-state index contributed by atoms with van der Waals surface area (Å²) in [5.41, 5.74) is 0.665. The Bertz CT molecular complexity index is 511. The molecule has 0 saturated heterocycles. The lowest BCUT2D eigenvalue weighted by Crippen LogP contribution is -2.29. The molecule has 7 nitrogen and oxygen atoms in total. The van der Waals surface area contributed by atoms with E-state index in [4.69, 9.17) is 10.0 Å². The van der Waals surface area contributed by atoms with Crippen LogP contribution in [0.3, 0.4) is 0 Å². The zero-order valence-corrected chi connectivity index (χ0v) is 11.0. The van der Waals surface area contributed by atoms with Crippen molar-refractivity contribution in [2.75, 3.05) is 19.5 Å². The monoisotopic (exact) mass is 279 g/mol. The minimum Gasteiger partial charge on any atom is -0.466 e. The van der Waals surface area contributed by atoms with Crippen LogP contribution >= 0.6 is 0 Å². The fraction of sp³-hybridized carbons (Fsp3) is 0.167. The maximum absolute atomic E-state index is 11.5. The van der Waals surface area contributed by atoms with Gasteiger partial charge in [0.05, 0.1) is 20.3 Å². The minimum absolute atomic E-state index is 0.100. The summed E-state index contributed by atoms with van der Waals surface area (Å²) in [5.74, 6) is -1.44. The second kappa shape index (κ2) is 7.32. The molecule has 20 heavy (non-hydrogen) atoms. The van der Waals surface area contributed by atoms with Crippen molar-refractivity contribution in [2.24, 2.45) is 0 Å². The Morgan fingerprint density at radius 2 is 1.75 bits per heavy atom. The average Bonchev–Trinajstić information content (AvgIpc) is 2.46. The predicted molar refractivity (Wildman–Crippen MR) is 72.0 cm³/mol. The van der Waals surface area contributed by atoms with E-state index in [9.17, 15) is 9.59 Å². The zero-order chi connectivity index (χ0) is 15.1. The molecule has 0 aliphatic heterocycles. The number of hydrogen-bond donors (Lipinski definition) is 3. The molecule has 1 aromatic rings. The number of anilines is 1. The zero-order valence-electron chi connectivity index (χ0n) is 11.0. The number of methoxy groups -OCH3 is 2. The van der Waals surface area contributed by atoms with E-state index in [2.05, 4.69) is 14.8 Å². The fourth-order valence-corrected chi connectivity index (χ4v) is 1.33. The Balaban J connectivity index is 2.92. The van der Waals surface area contributed by atoms with Gasteiger partial charge in [0.25, 0.3) is 0 Å². The highest BCUT2D eigenvalue weighted by Gasteiger charge is 2.14. The van der Waals surface area contributed by atoms with Crippen molar-refractivity contribution in [2.45, 2.75) is 0 Å². The highest BCUT2D eigenvalue weighted by Crippen LogP contribution is 2.09. The molecule has 0 fully saturated rings. The molecule has 8 heteroatoms. The van der Waals surface area contributed by atoms with E-state index < -0.39 is 19.1 Å². The number of nitrogens with one attached hydrogen (secondary N) is 1. The van der Waals surface area contributed by atoms with Crippen LogP contribution in [-0.4, -0.2) is 43.3 Å². The van der Waals surface area contributed by atoms with E-state index in [0.717, 1.165) is 6.08 Å². The molecule has 106 valence electrons. The van der Waals surface area contributed by atoms with E-state index in [-0.39, 0.29) is 5.70 Å². The lowest BCUT2D eigenvalue weighted by Gasteiger charge is -2.09. The van der Waals surface area contributed by atoms with Gasteiger partial charge in [-0.2, -0.15) is 0 Å². The summed E-state index contributed by atoms with van der Waals surface area (Å²) in [6, 6.07) is 5.95. The van der Waals surface area contributed by atoms with Gasteiger partial charge >= 0.3 is 19.1 Å². The van der Waals surface area contributed by atoms with Crippen LogP contribution in [0.5, 0.6) is 0 Å². The van der Waals surface area contributed by atoms with Gasteiger partial charge in [-0.15, -0.1) is 0 Å². The highest BCUT2D eigenvalue weighted by molar-refractivity contribution is 6.58. The second-order valence-electron chi connectivity index (χ2n) is 3.69. The van der Waals surface area contributed by atoms with Crippen molar-refractivity contribution >= 4 is 30.2 Å². The Morgan fingerprint density at radius 3 is 2.20 bits per heavy atom. The predicted octanol–water partition coefficient (Wildman–Crippen LogP) is -0.992. The van der Waals surface area contributed by atoms with Crippen LogP contribution in [0.25, 0.3) is 0 Å². The molecule has 0 heterocycles. The summed E-state index contributed by atoms with van der Waals surface area (Å²) in [6.07, 6.45) is 0.959. The standard InChI is InChI=1S/C12H14BNO6/c1-19-11(15)7-10(12(16)20-2)14-9-5-3-8(4-6-9)13(17)18/h3-7,14,17-18H,1-2H3/b10-7+. The molecule has 3 N–H and O–H groups in total. The molecule has 0 aromatic heterocycles. The Morgan fingerprint density at radius 1 is 1.15 bits per heavy atom. The third kappa shape index (κ3) is 4.41. The number of carbonyl (C=O) groups excluding carboxylic acids is 2. The number of esters is 2. The van der Waals surface area contributed by atoms with Crippen LogP contribution < -0.4 is 10.8 Å². The third-order valence-electron chi connectivity index (χ3n) is 2.36. The van der Waals surface area contributed by atoms with Crippen molar-refractivity contribution in [3.63, 3.8) is 0 Å². The fourth-order valence-electron chi connectivity index (χ4n) is 1.33. The summed E-state index contributed by atoms with van der Waals surface area (Å²) >= 11 is 0. The normalized spacial score (nSPS) is 10.7. The molecule has 0 atom stereocenters. The van der Waals surface area contributed by atoms with E-state index >= 15 is 0 Å². The van der Waals surface area contributed by atoms with Gasteiger partial charge in [0, 0.05) is 5.69 Å². The van der Waals surface area contributed by atoms with E-state index in [1.54, 1.807) is 0 Å². The van der Waals surface area contributed by atoms with E-state index in [1.807, 2.05) is 0 Å². The van der Waals surface area contributed by atoms with Crippen molar-refractivity contribution in [3.05, 3.63) is 36.0 Å². The number of rotatable bonds is 5. The number of ether oxygens (including phenoxy) is 2. The van der Waals surface area contributed by atoms with Crippen molar-refractivity contribution in [3.8, 4) is 0 Å². The van der Waals surface area contributed by atoms with Crippen LogP contribution in [0.15, 0.2) is 36.0 Å². The Hall–Kier alpha value is -2.32. The quantitative estimate of drug-likeness (QED) is 0.361. The highest BCUT2D eigenvalue weighted by atomic mass is 16.5.